The van der Waals surface area contributed by atoms with E-state index in [1.807, 2.05) is 0 Å². The van der Waals surface area contributed by atoms with Gasteiger partial charge in [-0.15, -0.1) is 0 Å². The Morgan fingerprint density at radius 1 is 0.291 bits per heavy atom. The summed E-state index contributed by atoms with van der Waals surface area (Å²) in [4.78, 5) is 37.7. The molecule has 0 rings (SSSR count). The van der Waals surface area contributed by atoms with Crippen molar-refractivity contribution in [2.45, 2.75) is 284 Å². The molecule has 0 saturated heterocycles. The third kappa shape index (κ3) is 43.4. The smallest absolute Gasteiger partial charge is 0.306 e. The summed E-state index contributed by atoms with van der Waals surface area (Å²) in [7, 11) is 0. The second kappa shape index (κ2) is 45.1. The van der Waals surface area contributed by atoms with Crippen molar-refractivity contribution in [1.29, 1.82) is 0 Å². The van der Waals surface area contributed by atoms with E-state index in [1.165, 1.54) is 180 Å². The molecule has 0 aliphatic heterocycles. The predicted octanol–water partition coefficient (Wildman–Crippen LogP) is 15.6. The zero-order valence-electron chi connectivity index (χ0n) is 37.2. The van der Waals surface area contributed by atoms with Gasteiger partial charge in [0.25, 0.3) is 0 Å². The van der Waals surface area contributed by atoms with Crippen LogP contribution < -0.4 is 0 Å². The minimum absolute atomic E-state index is 0.0626. The van der Waals surface area contributed by atoms with Crippen LogP contribution in [0.1, 0.15) is 278 Å². The molecule has 0 radical (unpaired) electrons. The van der Waals surface area contributed by atoms with Gasteiger partial charge in [-0.05, 0) is 19.3 Å². The van der Waals surface area contributed by atoms with Gasteiger partial charge in [-0.25, -0.2) is 0 Å². The van der Waals surface area contributed by atoms with Gasteiger partial charge in [-0.2, -0.15) is 0 Å². The molecule has 0 aliphatic rings. The van der Waals surface area contributed by atoms with Gasteiger partial charge < -0.3 is 14.2 Å². The van der Waals surface area contributed by atoms with Gasteiger partial charge in [0.1, 0.15) is 13.2 Å². The van der Waals surface area contributed by atoms with E-state index in [2.05, 4.69) is 20.8 Å². The van der Waals surface area contributed by atoms with Crippen LogP contribution in [0.15, 0.2) is 0 Å². The molecule has 0 N–H and O–H groups in total. The Bertz CT molecular complexity index is 813. The Hall–Kier alpha value is -1.59. The normalized spacial score (nSPS) is 11.8. The molecule has 0 aliphatic carbocycles. The molecular formula is C49H94O6. The van der Waals surface area contributed by atoms with E-state index in [9.17, 15) is 14.4 Å². The van der Waals surface area contributed by atoms with Crippen LogP contribution in [0, 0.1) is 0 Å². The summed E-state index contributed by atoms with van der Waals surface area (Å²) in [5, 5.41) is 0. The average Bonchev–Trinajstić information content (AvgIpc) is 3.18. The van der Waals surface area contributed by atoms with Gasteiger partial charge >= 0.3 is 17.9 Å². The zero-order chi connectivity index (χ0) is 40.1. The fourth-order valence-corrected chi connectivity index (χ4v) is 7.38. The Morgan fingerprint density at radius 2 is 0.491 bits per heavy atom. The number of carbonyl (C=O) groups excluding carboxylic acids is 3. The van der Waals surface area contributed by atoms with Gasteiger partial charge in [-0.1, -0.05) is 239 Å². The molecule has 0 aromatic rings. The monoisotopic (exact) mass is 779 g/mol. The van der Waals surface area contributed by atoms with E-state index in [0.717, 1.165) is 57.8 Å². The van der Waals surface area contributed by atoms with E-state index >= 15 is 0 Å². The molecule has 0 amide bonds. The highest BCUT2D eigenvalue weighted by atomic mass is 16.6. The number of rotatable bonds is 45. The van der Waals surface area contributed by atoms with Crippen LogP contribution in [0.25, 0.3) is 0 Å². The number of unbranched alkanes of at least 4 members (excludes halogenated alkanes) is 34. The number of ether oxygens (including phenoxy) is 3. The lowest BCUT2D eigenvalue weighted by atomic mass is 10.0. The summed E-state index contributed by atoms with van der Waals surface area (Å²) in [6.45, 7) is 6.63. The zero-order valence-corrected chi connectivity index (χ0v) is 37.2. The first-order valence-corrected chi connectivity index (χ1v) is 24.5. The van der Waals surface area contributed by atoms with Crippen molar-refractivity contribution in [2.24, 2.45) is 0 Å². The maximum Gasteiger partial charge on any atom is 0.306 e. The highest BCUT2D eigenvalue weighted by molar-refractivity contribution is 5.71. The number of carbonyl (C=O) groups is 3. The van der Waals surface area contributed by atoms with Crippen LogP contribution >= 0.6 is 0 Å². The Kier molecular flexibility index (Phi) is 43.8. The average molecular weight is 779 g/mol. The third-order valence-corrected chi connectivity index (χ3v) is 11.1. The number of hydrogen-bond donors (Lipinski definition) is 0. The molecule has 55 heavy (non-hydrogen) atoms. The molecule has 326 valence electrons. The molecule has 6 nitrogen and oxygen atoms in total. The molecule has 0 aromatic heterocycles. The van der Waals surface area contributed by atoms with E-state index in [4.69, 9.17) is 14.2 Å². The molecule has 6 heteroatoms. The van der Waals surface area contributed by atoms with Crippen molar-refractivity contribution >= 4 is 17.9 Å². The van der Waals surface area contributed by atoms with Crippen molar-refractivity contribution in [1.82, 2.24) is 0 Å². The topological polar surface area (TPSA) is 78.9 Å². The molecule has 0 heterocycles. The maximum atomic E-state index is 12.7. The third-order valence-electron chi connectivity index (χ3n) is 11.1. The lowest BCUT2D eigenvalue weighted by molar-refractivity contribution is -0.167. The fourth-order valence-electron chi connectivity index (χ4n) is 7.38. The number of esters is 3. The summed E-state index contributed by atoms with van der Waals surface area (Å²) < 4.78 is 16.7. The van der Waals surface area contributed by atoms with Gasteiger partial charge in [0, 0.05) is 19.3 Å². The van der Waals surface area contributed by atoms with Crippen LogP contribution in [0.3, 0.4) is 0 Å². The predicted molar refractivity (Wildman–Crippen MR) is 233 cm³/mol. The first kappa shape index (κ1) is 53.4. The summed E-state index contributed by atoms with van der Waals surface area (Å²) >= 11 is 0. The highest BCUT2D eigenvalue weighted by Gasteiger charge is 2.19. The van der Waals surface area contributed by atoms with Gasteiger partial charge in [0.15, 0.2) is 6.10 Å². The van der Waals surface area contributed by atoms with Crippen LogP contribution in [0.4, 0.5) is 0 Å². The Balaban J connectivity index is 4.21. The van der Waals surface area contributed by atoms with Gasteiger partial charge in [0.05, 0.1) is 0 Å². The number of hydrogen-bond acceptors (Lipinski definition) is 6. The lowest BCUT2D eigenvalue weighted by Gasteiger charge is -2.18. The van der Waals surface area contributed by atoms with Crippen molar-refractivity contribution in [2.75, 3.05) is 13.2 Å². The molecule has 1 atom stereocenters. The molecule has 0 unspecified atom stereocenters. The quantitative estimate of drug-likeness (QED) is 0.0348. The molecule has 0 bridgehead atoms. The van der Waals surface area contributed by atoms with Crippen molar-refractivity contribution in [3.05, 3.63) is 0 Å². The van der Waals surface area contributed by atoms with Crippen molar-refractivity contribution < 1.29 is 28.6 Å². The van der Waals surface area contributed by atoms with Crippen LogP contribution in [0.2, 0.25) is 0 Å². The second-order valence-electron chi connectivity index (χ2n) is 16.7. The van der Waals surface area contributed by atoms with E-state index in [0.29, 0.717) is 19.3 Å². The standard InChI is InChI=1S/C49H94O6/c1-4-7-10-13-16-18-20-22-24-25-27-28-30-33-36-39-42-48(51)54-45-46(44-53-47(50)41-38-35-32-15-12-9-6-3)55-49(52)43-40-37-34-31-29-26-23-21-19-17-14-11-8-5-2/h46H,4-45H2,1-3H3/t46-/m0/s1. The van der Waals surface area contributed by atoms with Crippen molar-refractivity contribution in [3.63, 3.8) is 0 Å². The summed E-state index contributed by atoms with van der Waals surface area (Å²) in [6, 6.07) is 0. The van der Waals surface area contributed by atoms with E-state index in [1.54, 1.807) is 0 Å². The first-order valence-electron chi connectivity index (χ1n) is 24.5. The lowest BCUT2D eigenvalue weighted by Crippen LogP contribution is -2.30. The Morgan fingerprint density at radius 3 is 0.727 bits per heavy atom. The highest BCUT2D eigenvalue weighted by Crippen LogP contribution is 2.16. The van der Waals surface area contributed by atoms with E-state index < -0.39 is 6.10 Å². The van der Waals surface area contributed by atoms with Crippen LogP contribution in [-0.4, -0.2) is 37.2 Å². The second-order valence-corrected chi connectivity index (χ2v) is 16.7. The summed E-state index contributed by atoms with van der Waals surface area (Å²) in [5.74, 6) is -0.852. The van der Waals surface area contributed by atoms with Crippen molar-refractivity contribution in [3.8, 4) is 0 Å². The largest absolute Gasteiger partial charge is 0.462 e. The first-order chi connectivity index (χ1) is 27.0. The van der Waals surface area contributed by atoms with Gasteiger partial charge in [-0.3, -0.25) is 14.4 Å². The SMILES string of the molecule is CCCCCCCCCCCCCCCCCCC(=O)OC[C@H](COC(=O)CCCCCCCCC)OC(=O)CCCCCCCCCCCCCCCC. The Labute approximate surface area is 342 Å². The minimum Gasteiger partial charge on any atom is -0.462 e. The molecule has 0 aromatic carbocycles. The minimum atomic E-state index is -0.758. The maximum absolute atomic E-state index is 12.7. The van der Waals surface area contributed by atoms with Gasteiger partial charge in [0.2, 0.25) is 0 Å². The summed E-state index contributed by atoms with van der Waals surface area (Å²) in [5.41, 5.74) is 0. The molecule has 0 fully saturated rings. The van der Waals surface area contributed by atoms with Crippen LogP contribution in [0.5, 0.6) is 0 Å². The molecule has 0 saturated carbocycles. The molecular weight excluding hydrogens is 685 g/mol. The molecule has 0 spiro atoms. The summed E-state index contributed by atoms with van der Waals surface area (Å²) in [6.07, 6.45) is 46.7. The van der Waals surface area contributed by atoms with E-state index in [-0.39, 0.29) is 31.1 Å². The van der Waals surface area contributed by atoms with Crippen LogP contribution in [-0.2, 0) is 28.6 Å². The fraction of sp³-hybridized carbons (Fsp3) is 0.939.